The Balaban J connectivity index is 2.95. The van der Waals surface area contributed by atoms with Crippen LogP contribution in [0.2, 0.25) is 0 Å². The molecular weight excluding hydrogens is 236 g/mol. The molecule has 0 aliphatic carbocycles. The van der Waals surface area contributed by atoms with E-state index in [4.69, 9.17) is 5.73 Å². The minimum absolute atomic E-state index is 0.0805. The van der Waals surface area contributed by atoms with Crippen LogP contribution >= 0.6 is 0 Å². The number of phenols is 1. The first kappa shape index (κ1) is 14.1. The molecule has 0 aliphatic heterocycles. The van der Waals surface area contributed by atoms with Crippen LogP contribution in [0, 0.1) is 0 Å². The zero-order valence-electron chi connectivity index (χ0n) is 9.96. The number of phenolic OH excluding ortho intramolecular Hbond substituents is 1. The highest BCUT2D eigenvalue weighted by atomic mass is 16.3. The molecule has 1 aromatic carbocycles. The van der Waals surface area contributed by atoms with Crippen LogP contribution in [0.5, 0.6) is 5.75 Å². The Bertz CT molecular complexity index is 445. The summed E-state index contributed by atoms with van der Waals surface area (Å²) < 4.78 is 0. The third-order valence-corrected chi connectivity index (χ3v) is 2.33. The maximum absolute atomic E-state index is 12.1. The van der Waals surface area contributed by atoms with Gasteiger partial charge in [-0.1, -0.05) is 12.1 Å². The Labute approximate surface area is 104 Å². The minimum Gasteiger partial charge on any atom is -0.507 e. The molecule has 0 saturated carbocycles. The first-order chi connectivity index (χ1) is 8.41. The lowest BCUT2D eigenvalue weighted by Gasteiger charge is -2.18. The number of aliphatic hydroxyl groups is 1. The number of carbonyl (C=O) groups excluding carboxylic acids is 2. The van der Waals surface area contributed by atoms with Crippen molar-refractivity contribution in [3.05, 3.63) is 29.8 Å². The van der Waals surface area contributed by atoms with Crippen molar-refractivity contribution in [1.29, 1.82) is 0 Å². The van der Waals surface area contributed by atoms with Crippen LogP contribution in [0.1, 0.15) is 23.7 Å². The number of carbonyl (C=O) groups is 2. The van der Waals surface area contributed by atoms with E-state index < -0.39 is 24.0 Å². The molecule has 1 aromatic rings. The van der Waals surface area contributed by atoms with E-state index in [9.17, 15) is 19.8 Å². The van der Waals surface area contributed by atoms with Crippen molar-refractivity contribution < 1.29 is 19.8 Å². The highest BCUT2D eigenvalue weighted by Crippen LogP contribution is 2.18. The number of aliphatic hydroxyl groups excluding tert-OH is 1. The fraction of sp³-hybridized carbons (Fsp3) is 0.333. The monoisotopic (exact) mass is 252 g/mol. The average molecular weight is 252 g/mol. The van der Waals surface area contributed by atoms with E-state index in [2.05, 4.69) is 5.32 Å². The van der Waals surface area contributed by atoms with Crippen molar-refractivity contribution in [3.8, 4) is 5.75 Å². The normalized spacial score (nSPS) is 13.9. The molecule has 1 amide bonds. The Kier molecular flexibility index (Phi) is 4.82. The number of benzene rings is 1. The van der Waals surface area contributed by atoms with Gasteiger partial charge in [-0.2, -0.15) is 0 Å². The van der Waals surface area contributed by atoms with Gasteiger partial charge in [0.25, 0.3) is 0 Å². The van der Waals surface area contributed by atoms with Crippen LogP contribution in [-0.2, 0) is 4.79 Å². The summed E-state index contributed by atoms with van der Waals surface area (Å²) >= 11 is 0. The van der Waals surface area contributed by atoms with Gasteiger partial charge in [0, 0.05) is 6.42 Å². The van der Waals surface area contributed by atoms with E-state index in [1.54, 1.807) is 12.1 Å². The third kappa shape index (κ3) is 3.83. The molecule has 0 spiro atoms. The summed E-state index contributed by atoms with van der Waals surface area (Å²) in [5.74, 6) is -1.34. The summed E-state index contributed by atoms with van der Waals surface area (Å²) in [5, 5.41) is 21.3. The number of rotatable bonds is 6. The standard InChI is InChI=1S/C12H16N2O4/c1-7(15)14-9(6-11(13)17)12(18)8-4-2-3-5-10(8)16/h2-5,7,9,14-16H,6H2,1H3,(H2,13,17). The lowest BCUT2D eigenvalue weighted by Crippen LogP contribution is -2.44. The molecule has 0 saturated heterocycles. The van der Waals surface area contributed by atoms with Gasteiger partial charge in [0.2, 0.25) is 5.91 Å². The van der Waals surface area contributed by atoms with Gasteiger partial charge in [-0.3, -0.25) is 14.9 Å². The number of amides is 1. The van der Waals surface area contributed by atoms with Crippen molar-refractivity contribution in [3.63, 3.8) is 0 Å². The van der Waals surface area contributed by atoms with Crippen molar-refractivity contribution in [1.82, 2.24) is 5.32 Å². The maximum atomic E-state index is 12.1. The topological polar surface area (TPSA) is 113 Å². The number of ketones is 1. The molecule has 98 valence electrons. The maximum Gasteiger partial charge on any atom is 0.219 e. The number of nitrogens with two attached hydrogens (primary N) is 1. The first-order valence-electron chi connectivity index (χ1n) is 5.46. The Morgan fingerprint density at radius 3 is 2.50 bits per heavy atom. The van der Waals surface area contributed by atoms with Crippen LogP contribution < -0.4 is 11.1 Å². The smallest absolute Gasteiger partial charge is 0.219 e. The molecule has 0 aromatic heterocycles. The molecule has 6 heteroatoms. The molecule has 0 aliphatic rings. The molecule has 2 unspecified atom stereocenters. The zero-order valence-corrected chi connectivity index (χ0v) is 9.96. The van der Waals surface area contributed by atoms with Crippen LogP contribution in [0.15, 0.2) is 24.3 Å². The third-order valence-electron chi connectivity index (χ3n) is 2.33. The predicted molar refractivity (Wildman–Crippen MR) is 64.9 cm³/mol. The molecule has 0 radical (unpaired) electrons. The predicted octanol–water partition coefficient (Wildman–Crippen LogP) is -0.253. The number of hydrogen-bond acceptors (Lipinski definition) is 5. The van der Waals surface area contributed by atoms with Crippen LogP contribution in [-0.4, -0.2) is 34.2 Å². The van der Waals surface area contributed by atoms with Gasteiger partial charge >= 0.3 is 0 Å². The van der Waals surface area contributed by atoms with E-state index >= 15 is 0 Å². The SMILES string of the molecule is CC(O)NC(CC(N)=O)C(=O)c1ccccc1O. The molecule has 5 N–H and O–H groups in total. The Morgan fingerprint density at radius 1 is 1.39 bits per heavy atom. The van der Waals surface area contributed by atoms with Gasteiger partial charge in [0.05, 0.1) is 11.6 Å². The fourth-order valence-corrected chi connectivity index (χ4v) is 1.59. The van der Waals surface area contributed by atoms with Crippen LogP contribution in [0.4, 0.5) is 0 Å². The number of hydrogen-bond donors (Lipinski definition) is 4. The number of nitrogens with one attached hydrogen (secondary N) is 1. The minimum atomic E-state index is -0.968. The molecule has 2 atom stereocenters. The first-order valence-corrected chi connectivity index (χ1v) is 5.46. The highest BCUT2D eigenvalue weighted by molar-refractivity contribution is 6.04. The lowest BCUT2D eigenvalue weighted by atomic mass is 10.0. The van der Waals surface area contributed by atoms with Crippen molar-refractivity contribution in [2.45, 2.75) is 25.6 Å². The van der Waals surface area contributed by atoms with Crippen molar-refractivity contribution in [2.24, 2.45) is 5.73 Å². The Morgan fingerprint density at radius 2 is 2.00 bits per heavy atom. The van der Waals surface area contributed by atoms with E-state index in [0.29, 0.717) is 0 Å². The summed E-state index contributed by atoms with van der Waals surface area (Å²) in [6, 6.07) is 5.02. The van der Waals surface area contributed by atoms with E-state index in [1.165, 1.54) is 19.1 Å². The van der Waals surface area contributed by atoms with Crippen molar-refractivity contribution in [2.75, 3.05) is 0 Å². The van der Waals surface area contributed by atoms with Gasteiger partial charge < -0.3 is 15.9 Å². The zero-order chi connectivity index (χ0) is 13.7. The molecule has 6 nitrogen and oxygen atoms in total. The van der Waals surface area contributed by atoms with Gasteiger partial charge in [-0.15, -0.1) is 0 Å². The van der Waals surface area contributed by atoms with E-state index in [0.717, 1.165) is 0 Å². The summed E-state index contributed by atoms with van der Waals surface area (Å²) in [7, 11) is 0. The number of aromatic hydroxyl groups is 1. The molecule has 1 rings (SSSR count). The van der Waals surface area contributed by atoms with Gasteiger partial charge in [-0.25, -0.2) is 0 Å². The van der Waals surface area contributed by atoms with E-state index in [-0.39, 0.29) is 17.7 Å². The average Bonchev–Trinajstić information content (AvgIpc) is 2.26. The highest BCUT2D eigenvalue weighted by Gasteiger charge is 2.24. The second kappa shape index (κ2) is 6.13. The Hall–Kier alpha value is -1.92. The number of para-hydroxylation sites is 1. The molecular formula is C12H16N2O4. The van der Waals surface area contributed by atoms with Gasteiger partial charge in [0.15, 0.2) is 5.78 Å². The fourth-order valence-electron chi connectivity index (χ4n) is 1.59. The molecule has 0 bridgehead atoms. The lowest BCUT2D eigenvalue weighted by molar-refractivity contribution is -0.118. The summed E-state index contributed by atoms with van der Waals surface area (Å²) in [6.45, 7) is 1.42. The molecule has 0 heterocycles. The second-order valence-corrected chi connectivity index (χ2v) is 3.95. The van der Waals surface area contributed by atoms with Gasteiger partial charge in [-0.05, 0) is 19.1 Å². The second-order valence-electron chi connectivity index (χ2n) is 3.95. The van der Waals surface area contributed by atoms with E-state index in [1.807, 2.05) is 0 Å². The number of primary amides is 1. The summed E-state index contributed by atoms with van der Waals surface area (Å²) in [5.41, 5.74) is 5.13. The van der Waals surface area contributed by atoms with Crippen LogP contribution in [0.3, 0.4) is 0 Å². The summed E-state index contributed by atoms with van der Waals surface area (Å²) in [4.78, 5) is 23.0. The largest absolute Gasteiger partial charge is 0.507 e. The van der Waals surface area contributed by atoms with Crippen LogP contribution in [0.25, 0.3) is 0 Å². The molecule has 0 fully saturated rings. The molecule has 18 heavy (non-hydrogen) atoms. The number of Topliss-reactive ketones (excluding diaryl/α,β-unsaturated/α-hetero) is 1. The van der Waals surface area contributed by atoms with Crippen molar-refractivity contribution >= 4 is 11.7 Å². The quantitative estimate of drug-likeness (QED) is 0.412. The summed E-state index contributed by atoms with van der Waals surface area (Å²) in [6.07, 6.45) is -1.22. The van der Waals surface area contributed by atoms with Gasteiger partial charge in [0.1, 0.15) is 12.0 Å².